The van der Waals surface area contributed by atoms with Crippen LogP contribution in [0.2, 0.25) is 0 Å². The average Bonchev–Trinajstić information content (AvgIpc) is 2.36. The molecule has 0 aliphatic rings. The number of nitriles is 1. The second kappa shape index (κ2) is 4.58. The Kier molecular flexibility index (Phi) is 3.95. The molecule has 0 aliphatic heterocycles. The summed E-state index contributed by atoms with van der Waals surface area (Å²) >= 11 is 9.97. The molecule has 0 aromatic carbocycles. The highest BCUT2D eigenvalue weighted by atomic mass is 79.9. The van der Waals surface area contributed by atoms with Crippen LogP contribution in [0, 0.1) is 11.3 Å². The zero-order valence-corrected chi connectivity index (χ0v) is 11.5. The van der Waals surface area contributed by atoms with Crippen molar-refractivity contribution < 1.29 is 0 Å². The van der Waals surface area contributed by atoms with Crippen LogP contribution >= 0.6 is 47.8 Å². The van der Waals surface area contributed by atoms with Crippen LogP contribution in [-0.2, 0) is 0 Å². The van der Waals surface area contributed by atoms with Gasteiger partial charge in [-0.25, -0.2) is 4.68 Å². The van der Waals surface area contributed by atoms with Crippen molar-refractivity contribution in [3.63, 3.8) is 0 Å². The van der Waals surface area contributed by atoms with Gasteiger partial charge in [0.15, 0.2) is 0 Å². The third-order valence-corrected chi connectivity index (χ3v) is 4.72. The number of nitrogens with zero attached hydrogens (tertiary/aromatic N) is 3. The molecule has 3 nitrogen and oxygen atoms in total. The largest absolute Gasteiger partial charge is 0.239 e. The fourth-order valence-corrected chi connectivity index (χ4v) is 2.29. The van der Waals surface area contributed by atoms with Crippen molar-refractivity contribution in [1.82, 2.24) is 9.78 Å². The lowest BCUT2D eigenvalue weighted by atomic mass is 10.3. The van der Waals surface area contributed by atoms with Crippen LogP contribution in [0.3, 0.4) is 0 Å². The molecule has 0 N–H and O–H groups in total. The molecule has 1 aromatic heterocycles. The quantitative estimate of drug-likeness (QED) is 0.796. The first kappa shape index (κ1) is 11.2. The van der Waals surface area contributed by atoms with Crippen LogP contribution in [-0.4, -0.2) is 9.78 Å². The van der Waals surface area contributed by atoms with Crippen molar-refractivity contribution in [2.75, 3.05) is 0 Å². The fraction of sp³-hybridized carbons (Fsp3) is 0.429. The lowest BCUT2D eigenvalue weighted by Crippen LogP contribution is -2.07. The molecule has 1 atom stereocenters. The summed E-state index contributed by atoms with van der Waals surface area (Å²) in [6, 6.07) is 1.95. The van der Waals surface area contributed by atoms with Crippen LogP contribution in [0.4, 0.5) is 0 Å². The van der Waals surface area contributed by atoms with Crippen molar-refractivity contribution in [3.8, 4) is 6.07 Å². The molecule has 0 aliphatic carbocycles. The van der Waals surface area contributed by atoms with Gasteiger partial charge in [-0.15, -0.1) is 0 Å². The molecule has 0 bridgehead atoms. The Morgan fingerprint density at radius 2 is 2.15 bits per heavy atom. The number of aromatic nitrogens is 2. The van der Waals surface area contributed by atoms with Crippen molar-refractivity contribution in [2.45, 2.75) is 19.4 Å². The monoisotopic (exact) mass is 369 g/mol. The molecule has 0 amide bonds. The summed E-state index contributed by atoms with van der Waals surface area (Å²) in [7, 11) is 0. The van der Waals surface area contributed by atoms with E-state index in [1.807, 2.05) is 6.92 Å². The van der Waals surface area contributed by atoms with Crippen molar-refractivity contribution in [1.29, 1.82) is 5.26 Å². The molecular formula is C7H6Br3N3. The summed E-state index contributed by atoms with van der Waals surface area (Å²) in [6.07, 6.45) is 0.732. The minimum Gasteiger partial charge on any atom is -0.239 e. The van der Waals surface area contributed by atoms with Crippen molar-refractivity contribution in [2.24, 2.45) is 0 Å². The Labute approximate surface area is 101 Å². The maximum Gasteiger partial charge on any atom is 0.143 e. The lowest BCUT2D eigenvalue weighted by molar-refractivity contribution is 0.522. The van der Waals surface area contributed by atoms with Crippen LogP contribution in [0.25, 0.3) is 0 Å². The highest BCUT2D eigenvalue weighted by molar-refractivity contribution is 9.14. The standard InChI is InChI=1S/C7H6Br3N3/c1-2-4(3-11)13-7(10)5(8)6(9)12-13/h4H,2H2,1H3. The number of halogens is 3. The third-order valence-electron chi connectivity index (χ3n) is 1.59. The van der Waals surface area contributed by atoms with E-state index in [0.29, 0.717) is 4.60 Å². The Morgan fingerprint density at radius 3 is 2.46 bits per heavy atom. The van der Waals surface area contributed by atoms with Gasteiger partial charge in [0.05, 0.1) is 10.5 Å². The summed E-state index contributed by atoms with van der Waals surface area (Å²) in [5.41, 5.74) is 0. The van der Waals surface area contributed by atoms with Crippen molar-refractivity contribution >= 4 is 47.8 Å². The normalized spacial score (nSPS) is 12.5. The maximum atomic E-state index is 8.84. The third kappa shape index (κ3) is 2.14. The summed E-state index contributed by atoms with van der Waals surface area (Å²) < 4.78 is 3.97. The highest BCUT2D eigenvalue weighted by Crippen LogP contribution is 2.32. The zero-order chi connectivity index (χ0) is 10.0. The van der Waals surface area contributed by atoms with Crippen LogP contribution in [0.5, 0.6) is 0 Å². The van der Waals surface area contributed by atoms with E-state index >= 15 is 0 Å². The van der Waals surface area contributed by atoms with Gasteiger partial charge in [-0.05, 0) is 54.2 Å². The second-order valence-electron chi connectivity index (χ2n) is 2.39. The first-order valence-electron chi connectivity index (χ1n) is 3.60. The summed E-state index contributed by atoms with van der Waals surface area (Å²) in [5, 5.41) is 13.0. The predicted molar refractivity (Wildman–Crippen MR) is 60.3 cm³/mol. The molecule has 0 saturated carbocycles. The number of hydrogen-bond acceptors (Lipinski definition) is 2. The van der Waals surface area contributed by atoms with E-state index in [0.717, 1.165) is 15.5 Å². The lowest BCUT2D eigenvalue weighted by Gasteiger charge is -2.06. The van der Waals surface area contributed by atoms with E-state index in [-0.39, 0.29) is 6.04 Å². The molecule has 13 heavy (non-hydrogen) atoms. The van der Waals surface area contributed by atoms with Gasteiger partial charge in [-0.2, -0.15) is 10.4 Å². The molecule has 0 fully saturated rings. The summed E-state index contributed by atoms with van der Waals surface area (Å²) in [5.74, 6) is 0. The van der Waals surface area contributed by atoms with E-state index in [2.05, 4.69) is 59.0 Å². The predicted octanol–water partition coefficient (Wildman–Crippen LogP) is 3.65. The van der Waals surface area contributed by atoms with E-state index < -0.39 is 0 Å². The number of hydrogen-bond donors (Lipinski definition) is 0. The van der Waals surface area contributed by atoms with Crippen LogP contribution in [0.15, 0.2) is 13.7 Å². The average molecular weight is 372 g/mol. The van der Waals surface area contributed by atoms with Crippen molar-refractivity contribution in [3.05, 3.63) is 13.7 Å². The smallest absolute Gasteiger partial charge is 0.143 e. The van der Waals surface area contributed by atoms with E-state index in [4.69, 9.17) is 5.26 Å². The van der Waals surface area contributed by atoms with Gasteiger partial charge in [0, 0.05) is 0 Å². The molecule has 0 radical (unpaired) electrons. The van der Waals surface area contributed by atoms with E-state index in [9.17, 15) is 0 Å². The van der Waals surface area contributed by atoms with Gasteiger partial charge in [0.2, 0.25) is 0 Å². The Hall–Kier alpha value is 0.140. The molecule has 0 saturated heterocycles. The Bertz CT molecular complexity index is 353. The first-order valence-corrected chi connectivity index (χ1v) is 5.98. The SMILES string of the molecule is CCC(C#N)n1nc(Br)c(Br)c1Br. The van der Waals surface area contributed by atoms with Gasteiger partial charge in [0.25, 0.3) is 0 Å². The molecule has 70 valence electrons. The Balaban J connectivity index is 3.16. The number of rotatable bonds is 2. The fourth-order valence-electron chi connectivity index (χ4n) is 0.893. The topological polar surface area (TPSA) is 41.6 Å². The summed E-state index contributed by atoms with van der Waals surface area (Å²) in [6.45, 7) is 1.95. The highest BCUT2D eigenvalue weighted by Gasteiger charge is 2.17. The van der Waals surface area contributed by atoms with E-state index in [1.165, 1.54) is 0 Å². The zero-order valence-electron chi connectivity index (χ0n) is 6.76. The van der Waals surface area contributed by atoms with Gasteiger partial charge in [-0.1, -0.05) is 6.92 Å². The second-order valence-corrected chi connectivity index (χ2v) is 4.69. The summed E-state index contributed by atoms with van der Waals surface area (Å²) in [4.78, 5) is 0. The molecule has 1 heterocycles. The van der Waals surface area contributed by atoms with Crippen LogP contribution < -0.4 is 0 Å². The van der Waals surface area contributed by atoms with Gasteiger partial charge < -0.3 is 0 Å². The molecular weight excluding hydrogens is 366 g/mol. The van der Waals surface area contributed by atoms with E-state index in [1.54, 1.807) is 4.68 Å². The maximum absolute atomic E-state index is 8.84. The minimum atomic E-state index is -0.225. The molecule has 6 heteroatoms. The van der Waals surface area contributed by atoms with Crippen LogP contribution in [0.1, 0.15) is 19.4 Å². The molecule has 1 unspecified atom stereocenters. The first-order chi connectivity index (χ1) is 6.11. The molecule has 1 aromatic rings. The minimum absolute atomic E-state index is 0.225. The Morgan fingerprint density at radius 1 is 1.54 bits per heavy atom. The van der Waals surface area contributed by atoms with Gasteiger partial charge >= 0.3 is 0 Å². The molecule has 0 spiro atoms. The van der Waals surface area contributed by atoms with Gasteiger partial charge in [0.1, 0.15) is 15.2 Å². The van der Waals surface area contributed by atoms with Gasteiger partial charge in [-0.3, -0.25) is 0 Å². The molecule has 1 rings (SSSR count).